The summed E-state index contributed by atoms with van der Waals surface area (Å²) in [7, 11) is 0. The van der Waals surface area contributed by atoms with E-state index in [0.717, 1.165) is 35.7 Å². The number of aliphatic hydroxyl groups is 1. The summed E-state index contributed by atoms with van der Waals surface area (Å²) in [6, 6.07) is 13.2. The second-order valence-electron chi connectivity index (χ2n) is 7.71. The number of amides is 1. The first kappa shape index (κ1) is 24.8. The molecule has 1 unspecified atom stereocenters. The van der Waals surface area contributed by atoms with Crippen molar-refractivity contribution in [2.45, 2.75) is 32.3 Å². The molecule has 2 aromatic carbocycles. The first-order chi connectivity index (χ1) is 16.0. The number of aliphatic hydroxyl groups excluding tert-OH is 1. The molecule has 8 nitrogen and oxygen atoms in total. The van der Waals surface area contributed by atoms with Gasteiger partial charge >= 0.3 is 0 Å². The highest BCUT2D eigenvalue weighted by Gasteiger charge is 2.14. The minimum absolute atomic E-state index is 0.0807. The minimum atomic E-state index is -0.642. The van der Waals surface area contributed by atoms with Gasteiger partial charge in [-0.3, -0.25) is 4.79 Å². The Morgan fingerprint density at radius 3 is 2.82 bits per heavy atom. The fourth-order valence-electron chi connectivity index (χ4n) is 3.20. The molecule has 1 heterocycles. The number of nitrogens with one attached hydrogen (secondary N) is 3. The molecule has 3 rings (SSSR count). The Morgan fingerprint density at radius 1 is 1.18 bits per heavy atom. The van der Waals surface area contributed by atoms with Crippen molar-refractivity contribution < 1.29 is 19.4 Å². The van der Waals surface area contributed by atoms with Crippen LogP contribution >= 0.6 is 11.6 Å². The topological polar surface area (TPSA) is 104 Å². The number of benzene rings is 2. The molecule has 1 aliphatic rings. The van der Waals surface area contributed by atoms with E-state index >= 15 is 0 Å². The maximum atomic E-state index is 11.2. The van der Waals surface area contributed by atoms with Gasteiger partial charge in [0.1, 0.15) is 30.8 Å². The van der Waals surface area contributed by atoms with Crippen molar-refractivity contribution in [3.63, 3.8) is 0 Å². The molecule has 0 saturated carbocycles. The van der Waals surface area contributed by atoms with Crippen LogP contribution in [0.25, 0.3) is 0 Å². The molecule has 0 saturated heterocycles. The van der Waals surface area contributed by atoms with Crippen LogP contribution in [0.3, 0.4) is 0 Å². The SMILES string of the molecule is CCCNc1cccc(OCC(O)CNCCOc2ccc(C3=NNC(=O)CC3)cc2Cl)c1. The lowest BCUT2D eigenvalue weighted by molar-refractivity contribution is -0.121. The zero-order valence-corrected chi connectivity index (χ0v) is 19.5. The lowest BCUT2D eigenvalue weighted by Gasteiger charge is -2.15. The van der Waals surface area contributed by atoms with Gasteiger partial charge in [-0.05, 0) is 42.3 Å². The van der Waals surface area contributed by atoms with Crippen LogP contribution < -0.4 is 25.5 Å². The Morgan fingerprint density at radius 2 is 2.06 bits per heavy atom. The standard InChI is InChI=1S/C24H31ClN4O4/c1-2-10-27-18-4-3-5-20(14-18)33-16-19(30)15-26-11-12-32-23-8-6-17(13-21(23)25)22-7-9-24(31)29-28-22/h3-6,8,13-14,19,26-27,30H,2,7,9-12,15-16H2,1H3,(H,29,31). The van der Waals surface area contributed by atoms with Gasteiger partial charge in [0, 0.05) is 44.2 Å². The molecule has 9 heteroatoms. The van der Waals surface area contributed by atoms with Crippen molar-refractivity contribution in [1.29, 1.82) is 0 Å². The van der Waals surface area contributed by atoms with Crippen LogP contribution in [0.1, 0.15) is 31.7 Å². The summed E-state index contributed by atoms with van der Waals surface area (Å²) in [5.74, 6) is 1.21. The molecule has 1 amide bonds. The maximum Gasteiger partial charge on any atom is 0.240 e. The Labute approximate surface area is 199 Å². The fraction of sp³-hybridized carbons (Fsp3) is 0.417. The fourth-order valence-corrected chi connectivity index (χ4v) is 3.43. The van der Waals surface area contributed by atoms with E-state index in [1.165, 1.54) is 0 Å². The maximum absolute atomic E-state index is 11.2. The summed E-state index contributed by atoms with van der Waals surface area (Å²) in [5.41, 5.74) is 5.15. The second-order valence-corrected chi connectivity index (χ2v) is 8.12. The number of halogens is 1. The third-order valence-electron chi connectivity index (χ3n) is 4.94. The normalized spacial score (nSPS) is 14.3. The molecule has 0 aromatic heterocycles. The molecule has 1 aliphatic heterocycles. The molecule has 0 bridgehead atoms. The van der Waals surface area contributed by atoms with E-state index in [2.05, 4.69) is 28.1 Å². The molecule has 0 spiro atoms. The molecule has 0 radical (unpaired) electrons. The zero-order valence-electron chi connectivity index (χ0n) is 18.8. The number of hydrogen-bond acceptors (Lipinski definition) is 7. The quantitative estimate of drug-likeness (QED) is 0.332. The molecule has 4 N–H and O–H groups in total. The Bertz CT molecular complexity index is 954. The van der Waals surface area contributed by atoms with Gasteiger partial charge in [0.05, 0.1) is 10.7 Å². The van der Waals surface area contributed by atoms with Crippen molar-refractivity contribution >= 4 is 28.9 Å². The number of hydrogen-bond donors (Lipinski definition) is 4. The number of carbonyl (C=O) groups excluding carboxylic acids is 1. The number of carbonyl (C=O) groups is 1. The minimum Gasteiger partial charge on any atom is -0.491 e. The van der Waals surface area contributed by atoms with Crippen LogP contribution in [-0.2, 0) is 4.79 Å². The van der Waals surface area contributed by atoms with E-state index in [0.29, 0.717) is 43.3 Å². The van der Waals surface area contributed by atoms with E-state index < -0.39 is 6.10 Å². The first-order valence-corrected chi connectivity index (χ1v) is 11.6. The largest absolute Gasteiger partial charge is 0.491 e. The number of ether oxygens (including phenoxy) is 2. The molecule has 178 valence electrons. The Balaban J connectivity index is 1.33. The summed E-state index contributed by atoms with van der Waals surface area (Å²) >= 11 is 6.33. The van der Waals surface area contributed by atoms with Crippen LogP contribution in [0.5, 0.6) is 11.5 Å². The molecule has 1 atom stereocenters. The lowest BCUT2D eigenvalue weighted by atomic mass is 10.0. The van der Waals surface area contributed by atoms with Crippen LogP contribution in [0.4, 0.5) is 5.69 Å². The highest BCUT2D eigenvalue weighted by molar-refractivity contribution is 6.32. The summed E-state index contributed by atoms with van der Waals surface area (Å²) in [6.07, 6.45) is 1.41. The highest BCUT2D eigenvalue weighted by atomic mass is 35.5. The third kappa shape index (κ3) is 8.24. The van der Waals surface area contributed by atoms with Gasteiger partial charge in [0.2, 0.25) is 5.91 Å². The van der Waals surface area contributed by atoms with Crippen molar-refractivity contribution in [3.05, 3.63) is 53.1 Å². The predicted molar refractivity (Wildman–Crippen MR) is 130 cm³/mol. The van der Waals surface area contributed by atoms with Crippen molar-refractivity contribution in [1.82, 2.24) is 10.7 Å². The lowest BCUT2D eigenvalue weighted by Crippen LogP contribution is -2.33. The van der Waals surface area contributed by atoms with Crippen molar-refractivity contribution in [3.8, 4) is 11.5 Å². The summed E-state index contributed by atoms with van der Waals surface area (Å²) in [4.78, 5) is 11.2. The summed E-state index contributed by atoms with van der Waals surface area (Å²) in [6.45, 7) is 4.54. The van der Waals surface area contributed by atoms with Crippen LogP contribution in [-0.4, -0.2) is 55.7 Å². The van der Waals surface area contributed by atoms with E-state index in [4.69, 9.17) is 21.1 Å². The number of rotatable bonds is 13. The molecule has 0 aliphatic carbocycles. The van der Waals surface area contributed by atoms with Gasteiger partial charge in [0.25, 0.3) is 0 Å². The van der Waals surface area contributed by atoms with Crippen LogP contribution in [0.2, 0.25) is 5.02 Å². The first-order valence-electron chi connectivity index (χ1n) is 11.2. The van der Waals surface area contributed by atoms with Gasteiger partial charge in [-0.25, -0.2) is 5.43 Å². The molecular formula is C24H31ClN4O4. The Kier molecular flexibility index (Phi) is 9.80. The number of anilines is 1. The second kappa shape index (κ2) is 13.0. The van der Waals surface area contributed by atoms with Crippen LogP contribution in [0, 0.1) is 0 Å². The summed E-state index contributed by atoms with van der Waals surface area (Å²) < 4.78 is 11.4. The van der Waals surface area contributed by atoms with Gasteiger partial charge < -0.3 is 25.2 Å². The predicted octanol–water partition coefficient (Wildman–Crippen LogP) is 3.18. The average Bonchev–Trinajstić information content (AvgIpc) is 2.83. The number of hydrazone groups is 1. The van der Waals surface area contributed by atoms with Gasteiger partial charge in [-0.2, -0.15) is 5.10 Å². The third-order valence-corrected chi connectivity index (χ3v) is 5.24. The smallest absolute Gasteiger partial charge is 0.240 e. The van der Waals surface area contributed by atoms with Gasteiger partial charge in [-0.1, -0.05) is 24.6 Å². The zero-order chi connectivity index (χ0) is 23.5. The Hall–Kier alpha value is -2.81. The molecule has 0 fully saturated rings. The van der Waals surface area contributed by atoms with Crippen molar-refractivity contribution in [2.75, 3.05) is 38.2 Å². The van der Waals surface area contributed by atoms with E-state index in [1.807, 2.05) is 30.3 Å². The van der Waals surface area contributed by atoms with E-state index in [9.17, 15) is 9.90 Å². The van der Waals surface area contributed by atoms with Crippen LogP contribution in [0.15, 0.2) is 47.6 Å². The van der Waals surface area contributed by atoms with Gasteiger partial charge in [0.15, 0.2) is 0 Å². The van der Waals surface area contributed by atoms with Gasteiger partial charge in [-0.15, -0.1) is 0 Å². The number of nitrogens with zero attached hydrogens (tertiary/aromatic N) is 1. The molecular weight excluding hydrogens is 444 g/mol. The van der Waals surface area contributed by atoms with E-state index in [1.54, 1.807) is 12.1 Å². The molecule has 33 heavy (non-hydrogen) atoms. The highest BCUT2D eigenvalue weighted by Crippen LogP contribution is 2.26. The summed E-state index contributed by atoms with van der Waals surface area (Å²) in [5, 5.41) is 21.2. The average molecular weight is 475 g/mol. The molecule has 2 aromatic rings. The van der Waals surface area contributed by atoms with Crippen molar-refractivity contribution in [2.24, 2.45) is 5.10 Å². The van der Waals surface area contributed by atoms with E-state index in [-0.39, 0.29) is 12.5 Å². The monoisotopic (exact) mass is 474 g/mol.